The number of benzene rings is 2. The molecule has 1 aliphatic carbocycles. The van der Waals surface area contributed by atoms with Gasteiger partial charge in [0.05, 0.1) is 12.5 Å². The maximum absolute atomic E-state index is 15.0. The van der Waals surface area contributed by atoms with Gasteiger partial charge in [-0.3, -0.25) is 47.9 Å². The molecule has 26 heteroatoms. The van der Waals surface area contributed by atoms with Gasteiger partial charge in [-0.1, -0.05) is 85.4 Å². The lowest BCUT2D eigenvalue weighted by molar-refractivity contribution is -0.142. The van der Waals surface area contributed by atoms with Crippen molar-refractivity contribution < 1.29 is 63.3 Å². The Morgan fingerprint density at radius 3 is 1.99 bits per heavy atom. The number of hydrogen-bond donors (Lipinski definition) is 12. The fraction of sp³-hybridized carbons (Fsp3) is 0.593. The summed E-state index contributed by atoms with van der Waals surface area (Å²) in [4.78, 5) is 143. The first-order valence-corrected chi connectivity index (χ1v) is 29.5. The van der Waals surface area contributed by atoms with E-state index in [-0.39, 0.29) is 68.9 Å². The van der Waals surface area contributed by atoms with Gasteiger partial charge in [0.2, 0.25) is 59.1 Å². The van der Waals surface area contributed by atoms with Crippen molar-refractivity contribution in [3.63, 3.8) is 0 Å². The predicted molar refractivity (Wildman–Crippen MR) is 299 cm³/mol. The van der Waals surface area contributed by atoms with E-state index in [9.17, 15) is 58.5 Å². The number of nitrogens with zero attached hydrogens (tertiary/aromatic N) is 2. The molecule has 10 atom stereocenters. The Labute approximate surface area is 473 Å². The highest BCUT2D eigenvalue weighted by molar-refractivity contribution is 8.77. The third-order valence-corrected chi connectivity index (χ3v) is 18.3. The zero-order valence-corrected chi connectivity index (χ0v) is 47.4. The van der Waals surface area contributed by atoms with Crippen LogP contribution in [0.2, 0.25) is 0 Å². The monoisotopic (exact) mass is 1150 g/mol. The minimum absolute atomic E-state index is 0.00741. The minimum atomic E-state index is -1.77. The minimum Gasteiger partial charge on any atom is -0.508 e. The summed E-state index contributed by atoms with van der Waals surface area (Å²) in [5, 5.41) is 46.4. The summed E-state index contributed by atoms with van der Waals surface area (Å²) in [5.41, 5.74) is 18.3. The number of hydrogen-bond acceptors (Lipinski definition) is 16. The van der Waals surface area contributed by atoms with Gasteiger partial charge in [-0.15, -0.1) is 0 Å². The summed E-state index contributed by atoms with van der Waals surface area (Å²) in [7, 11) is 4.03. The van der Waals surface area contributed by atoms with Crippen LogP contribution in [0.25, 0.3) is 0 Å². The highest BCUT2D eigenvalue weighted by Crippen LogP contribution is 2.49. The number of carbonyl (C=O) groups is 10. The summed E-state index contributed by atoms with van der Waals surface area (Å²) in [5.74, 6) is -8.97. The molecule has 3 fully saturated rings. The van der Waals surface area contributed by atoms with E-state index in [1.807, 2.05) is 0 Å². The van der Waals surface area contributed by atoms with Crippen LogP contribution in [0.15, 0.2) is 48.5 Å². The number of phenols is 2. The second kappa shape index (κ2) is 30.3. The largest absolute Gasteiger partial charge is 0.508 e. The van der Waals surface area contributed by atoms with E-state index >= 15 is 4.79 Å². The molecular weight excluding hydrogens is 1070 g/mol. The summed E-state index contributed by atoms with van der Waals surface area (Å²) in [6.45, 7) is 4.86. The SMILES string of the molecule is CC[C@H](C)[C@@H]1NC(=O)[C@H](Cc2ccc(O)cc2)N(C)C(=O)CC2(CCCCC2)SSC[C@H](C(=O)N2CCC[C@H]2C(=O)N[C@@H](CCCN)C(=O)N[C@@H](Cc2ccc(O)cc2)C(N)=O)NC(=O)[C@H](CC(N)=O)NC(=O)[C@H]([C@@H](C)O)NC1=O. The van der Waals surface area contributed by atoms with Crippen molar-refractivity contribution in [3.05, 3.63) is 59.7 Å². The van der Waals surface area contributed by atoms with Gasteiger partial charge in [-0.05, 0) is 93.3 Å². The van der Waals surface area contributed by atoms with E-state index in [4.69, 9.17) is 17.2 Å². The lowest BCUT2D eigenvalue weighted by Crippen LogP contribution is -2.63. The molecule has 1 spiro atoms. The number of nitrogens with two attached hydrogens (primary N) is 3. The summed E-state index contributed by atoms with van der Waals surface area (Å²) < 4.78 is -0.739. The number of aromatic hydroxyl groups is 2. The highest BCUT2D eigenvalue weighted by atomic mass is 33.1. The number of likely N-dealkylation sites (N-methyl/N-ethyl adjacent to an activating group) is 1. The summed E-state index contributed by atoms with van der Waals surface area (Å²) in [6.07, 6.45) is 2.20. The Morgan fingerprint density at radius 2 is 1.40 bits per heavy atom. The van der Waals surface area contributed by atoms with Gasteiger partial charge in [0.1, 0.15) is 59.8 Å². The van der Waals surface area contributed by atoms with Gasteiger partial charge in [-0.25, -0.2) is 0 Å². The van der Waals surface area contributed by atoms with E-state index in [2.05, 4.69) is 31.9 Å². The first-order chi connectivity index (χ1) is 38.0. The van der Waals surface area contributed by atoms with Crippen molar-refractivity contribution in [3.8, 4) is 11.5 Å². The second-order valence-electron chi connectivity index (χ2n) is 21.1. The molecule has 440 valence electrons. The third kappa shape index (κ3) is 18.2. The number of carbonyl (C=O) groups excluding carboxylic acids is 10. The maximum Gasteiger partial charge on any atom is 0.246 e. The second-order valence-corrected chi connectivity index (χ2v) is 23.9. The lowest BCUT2D eigenvalue weighted by Gasteiger charge is -2.38. The van der Waals surface area contributed by atoms with Crippen LogP contribution in [0, 0.1) is 5.92 Å². The van der Waals surface area contributed by atoms with Crippen molar-refractivity contribution in [1.29, 1.82) is 0 Å². The van der Waals surface area contributed by atoms with Crippen LogP contribution in [0.1, 0.15) is 109 Å². The van der Waals surface area contributed by atoms with Gasteiger partial charge in [0, 0.05) is 43.4 Å². The van der Waals surface area contributed by atoms with Crippen molar-refractivity contribution in [2.45, 2.75) is 170 Å². The van der Waals surface area contributed by atoms with Crippen LogP contribution in [0.5, 0.6) is 11.5 Å². The lowest BCUT2D eigenvalue weighted by atomic mass is 9.85. The zero-order chi connectivity index (χ0) is 58.8. The van der Waals surface area contributed by atoms with Crippen LogP contribution in [-0.2, 0) is 60.8 Å². The van der Waals surface area contributed by atoms with E-state index < -0.39 is 131 Å². The van der Waals surface area contributed by atoms with Crippen molar-refractivity contribution in [2.24, 2.45) is 23.1 Å². The molecule has 80 heavy (non-hydrogen) atoms. The molecule has 24 nitrogen and oxygen atoms in total. The van der Waals surface area contributed by atoms with Crippen molar-refractivity contribution in [1.82, 2.24) is 41.7 Å². The van der Waals surface area contributed by atoms with Gasteiger partial charge in [-0.2, -0.15) is 0 Å². The molecule has 0 bridgehead atoms. The fourth-order valence-electron chi connectivity index (χ4n) is 9.99. The van der Waals surface area contributed by atoms with Gasteiger partial charge < -0.3 is 74.2 Å². The number of primary amides is 2. The molecule has 0 radical (unpaired) electrons. The molecule has 0 unspecified atom stereocenters. The molecule has 3 aliphatic rings. The summed E-state index contributed by atoms with van der Waals surface area (Å²) >= 11 is 0. The Morgan fingerprint density at radius 1 is 0.787 bits per heavy atom. The Hall–Kier alpha value is -6.64. The third-order valence-electron chi connectivity index (χ3n) is 15.0. The Balaban J connectivity index is 1.50. The zero-order valence-electron chi connectivity index (χ0n) is 45.8. The fourth-order valence-corrected chi connectivity index (χ4v) is 13.3. The number of amides is 10. The average molecular weight is 1150 g/mol. The van der Waals surface area contributed by atoms with Crippen LogP contribution in [-0.4, -0.2) is 169 Å². The first-order valence-electron chi connectivity index (χ1n) is 27.2. The number of rotatable bonds is 18. The van der Waals surface area contributed by atoms with Crippen molar-refractivity contribution >= 4 is 80.7 Å². The quantitative estimate of drug-likeness (QED) is 0.0847. The molecular formula is C54H79N11O13S2. The topological polar surface area (TPSA) is 388 Å². The van der Waals surface area contributed by atoms with Crippen LogP contribution in [0.4, 0.5) is 0 Å². The smallest absolute Gasteiger partial charge is 0.246 e. The van der Waals surface area contributed by atoms with Gasteiger partial charge >= 0.3 is 0 Å². The molecule has 2 saturated heterocycles. The normalized spacial score (nSPS) is 24.2. The predicted octanol–water partition coefficient (Wildman–Crippen LogP) is -0.376. The van der Waals surface area contributed by atoms with E-state index in [0.717, 1.165) is 19.3 Å². The number of aliphatic hydroxyl groups is 1. The summed E-state index contributed by atoms with van der Waals surface area (Å²) in [6, 6.07) is 0.970. The Kier molecular flexibility index (Phi) is 24.3. The number of nitrogens with one attached hydrogen (secondary N) is 6. The molecule has 5 rings (SSSR count). The number of aliphatic hydroxyl groups excluding tert-OH is 1. The maximum atomic E-state index is 15.0. The van der Waals surface area contributed by atoms with Gasteiger partial charge in [0.15, 0.2) is 0 Å². The molecule has 10 amide bonds. The molecule has 2 aromatic carbocycles. The van der Waals surface area contributed by atoms with Gasteiger partial charge in [0.25, 0.3) is 0 Å². The number of phenolic OH excluding ortho intramolecular Hbond substituents is 2. The van der Waals surface area contributed by atoms with E-state index in [1.165, 1.54) is 69.6 Å². The average Bonchev–Trinajstić information content (AvgIpc) is 3.96. The van der Waals surface area contributed by atoms with E-state index in [0.29, 0.717) is 36.8 Å². The first kappa shape index (κ1) is 64.2. The molecule has 0 aromatic heterocycles. The van der Waals surface area contributed by atoms with Crippen molar-refractivity contribution in [2.75, 3.05) is 25.9 Å². The van der Waals surface area contributed by atoms with Crippen LogP contribution >= 0.6 is 21.6 Å². The van der Waals surface area contributed by atoms with Crippen LogP contribution < -0.4 is 49.1 Å². The standard InChI is InChI=1S/C54H79N11O13S2/c1-5-30(2)44-51(76)63-45(31(3)66)52(77)60-38(27-42(56)69)48(73)61-39(29-79-80-54(21-7-6-8-22-54)28-43(70)64(4)41(50(75)62-44)26-33-15-19-35(68)20-16-33)53(78)65-24-10-12-40(65)49(74)58-36(11-9-23-55)47(72)59-37(46(57)71)25-32-13-17-34(67)18-14-32/h13-20,30-31,36-41,44-45,66-68H,5-12,21-29,55H2,1-4H3,(H2,56,69)(H2,57,71)(H,58,74)(H,59,72)(H,60,77)(H,61,73)(H,62,75)(H,63,76)/t30-,31+,36-,37-,38-,39+,40-,41-,44-,45-/m0/s1. The Bertz CT molecular complexity index is 2520. The van der Waals surface area contributed by atoms with E-state index in [1.54, 1.807) is 38.1 Å². The number of likely N-dealkylation sites (tertiary alicyclic amines) is 1. The molecule has 1 saturated carbocycles. The molecule has 2 heterocycles. The molecule has 2 aliphatic heterocycles. The van der Waals surface area contributed by atoms with Crippen LogP contribution in [0.3, 0.4) is 0 Å². The molecule has 15 N–H and O–H groups in total. The molecule has 2 aromatic rings. The highest BCUT2D eigenvalue weighted by Gasteiger charge is 2.44.